The Kier molecular flexibility index (Phi) is 2.60. The molecule has 0 unspecified atom stereocenters. The number of nitriles is 1. The zero-order valence-electron chi connectivity index (χ0n) is 6.59. The van der Waals surface area contributed by atoms with Crippen LogP contribution in [0.2, 0.25) is 0 Å². The summed E-state index contributed by atoms with van der Waals surface area (Å²) in [6, 6.07) is 4.54. The lowest BCUT2D eigenvalue weighted by atomic mass is 10.1. The second kappa shape index (κ2) is 3.68. The van der Waals surface area contributed by atoms with Crippen LogP contribution < -0.4 is 5.73 Å². The Morgan fingerprint density at radius 1 is 1.31 bits per heavy atom. The fourth-order valence-corrected chi connectivity index (χ4v) is 0.873. The highest BCUT2D eigenvalue weighted by Gasteiger charge is 2.01. The van der Waals surface area contributed by atoms with Crippen LogP contribution in [0.4, 0.5) is 8.78 Å². The number of allylic oxidation sites excluding steroid dienone is 1. The van der Waals surface area contributed by atoms with Crippen molar-refractivity contribution in [2.45, 2.75) is 0 Å². The van der Waals surface area contributed by atoms with Crippen LogP contribution in [-0.2, 0) is 0 Å². The van der Waals surface area contributed by atoms with Gasteiger partial charge < -0.3 is 5.73 Å². The highest BCUT2D eigenvalue weighted by Crippen LogP contribution is 2.12. The molecule has 66 valence electrons. The molecule has 2 N–H and O–H groups in total. The largest absolute Gasteiger partial charge is 0.398 e. The van der Waals surface area contributed by atoms with Crippen molar-refractivity contribution in [2.24, 2.45) is 5.73 Å². The Bertz CT molecular complexity index is 371. The quantitative estimate of drug-likeness (QED) is 0.670. The molecule has 0 aliphatic heterocycles. The van der Waals surface area contributed by atoms with E-state index in [-0.39, 0.29) is 11.3 Å². The monoisotopic (exact) mass is 180 g/mol. The van der Waals surface area contributed by atoms with E-state index in [1.54, 1.807) is 6.07 Å². The average molecular weight is 180 g/mol. The maximum Gasteiger partial charge on any atom is 0.126 e. The molecule has 0 atom stereocenters. The van der Waals surface area contributed by atoms with Crippen LogP contribution in [0.25, 0.3) is 5.70 Å². The standard InChI is InChI=1S/C9H6F2N2/c10-7-3-6(4-8(11)5-7)9(13)1-2-12/h1,3-5H,13H2. The molecule has 0 aromatic heterocycles. The molecule has 0 bridgehead atoms. The van der Waals surface area contributed by atoms with E-state index in [1.165, 1.54) is 0 Å². The minimum Gasteiger partial charge on any atom is -0.398 e. The van der Waals surface area contributed by atoms with Crippen LogP contribution >= 0.6 is 0 Å². The first-order valence-corrected chi connectivity index (χ1v) is 3.45. The molecule has 0 aliphatic carbocycles. The molecule has 0 saturated carbocycles. The maximum atomic E-state index is 12.6. The van der Waals surface area contributed by atoms with Crippen molar-refractivity contribution in [3.05, 3.63) is 41.5 Å². The van der Waals surface area contributed by atoms with Gasteiger partial charge in [0.1, 0.15) is 11.6 Å². The van der Waals surface area contributed by atoms with E-state index in [9.17, 15) is 8.78 Å². The van der Waals surface area contributed by atoms with E-state index >= 15 is 0 Å². The van der Waals surface area contributed by atoms with Crippen LogP contribution in [-0.4, -0.2) is 0 Å². The molecule has 0 heterocycles. The van der Waals surface area contributed by atoms with Crippen LogP contribution in [0.15, 0.2) is 24.3 Å². The van der Waals surface area contributed by atoms with Gasteiger partial charge in [-0.15, -0.1) is 0 Å². The van der Waals surface area contributed by atoms with Crippen molar-refractivity contribution >= 4 is 5.70 Å². The number of rotatable bonds is 1. The summed E-state index contributed by atoms with van der Waals surface area (Å²) in [7, 11) is 0. The van der Waals surface area contributed by atoms with Crippen LogP contribution in [0, 0.1) is 23.0 Å². The van der Waals surface area contributed by atoms with Gasteiger partial charge >= 0.3 is 0 Å². The van der Waals surface area contributed by atoms with Gasteiger partial charge in [-0.2, -0.15) is 5.26 Å². The Balaban J connectivity index is 3.17. The molecular weight excluding hydrogens is 174 g/mol. The van der Waals surface area contributed by atoms with Crippen LogP contribution in [0.3, 0.4) is 0 Å². The lowest BCUT2D eigenvalue weighted by Crippen LogP contribution is -1.97. The predicted molar refractivity (Wildman–Crippen MR) is 44.1 cm³/mol. The van der Waals surface area contributed by atoms with Crippen molar-refractivity contribution < 1.29 is 8.78 Å². The van der Waals surface area contributed by atoms with Gasteiger partial charge in [-0.1, -0.05) is 0 Å². The third-order valence-electron chi connectivity index (χ3n) is 1.42. The summed E-state index contributed by atoms with van der Waals surface area (Å²) in [6.07, 6.45) is 1.02. The second-order valence-corrected chi connectivity index (χ2v) is 2.39. The van der Waals surface area contributed by atoms with Gasteiger partial charge in [0.2, 0.25) is 0 Å². The summed E-state index contributed by atoms with van der Waals surface area (Å²) in [6.45, 7) is 0. The van der Waals surface area contributed by atoms with E-state index in [1.807, 2.05) is 0 Å². The molecule has 2 nitrogen and oxygen atoms in total. The molecule has 0 saturated heterocycles. The summed E-state index contributed by atoms with van der Waals surface area (Å²) >= 11 is 0. The Morgan fingerprint density at radius 3 is 2.31 bits per heavy atom. The number of nitrogens with two attached hydrogens (primary N) is 1. The fraction of sp³-hybridized carbons (Fsp3) is 0. The molecule has 0 spiro atoms. The van der Waals surface area contributed by atoms with E-state index in [0.717, 1.165) is 24.3 Å². The van der Waals surface area contributed by atoms with Crippen molar-refractivity contribution in [3.63, 3.8) is 0 Å². The molecule has 0 fully saturated rings. The number of hydrogen-bond donors (Lipinski definition) is 1. The van der Waals surface area contributed by atoms with Gasteiger partial charge in [0, 0.05) is 23.4 Å². The molecule has 4 heteroatoms. The first-order chi connectivity index (χ1) is 6.13. The Morgan fingerprint density at radius 2 is 1.85 bits per heavy atom. The molecule has 1 aromatic carbocycles. The van der Waals surface area contributed by atoms with Crippen LogP contribution in [0.1, 0.15) is 5.56 Å². The van der Waals surface area contributed by atoms with Gasteiger partial charge in [-0.3, -0.25) is 0 Å². The van der Waals surface area contributed by atoms with Crippen molar-refractivity contribution in [1.82, 2.24) is 0 Å². The maximum absolute atomic E-state index is 12.6. The van der Waals surface area contributed by atoms with Gasteiger partial charge in [0.25, 0.3) is 0 Å². The van der Waals surface area contributed by atoms with Crippen molar-refractivity contribution in [1.29, 1.82) is 5.26 Å². The average Bonchev–Trinajstić information content (AvgIpc) is 2.03. The normalized spacial score (nSPS) is 11.0. The van der Waals surface area contributed by atoms with Crippen LogP contribution in [0.5, 0.6) is 0 Å². The molecule has 0 aliphatic rings. The van der Waals surface area contributed by atoms with Crippen molar-refractivity contribution in [3.8, 4) is 6.07 Å². The zero-order chi connectivity index (χ0) is 9.84. The van der Waals surface area contributed by atoms with E-state index in [2.05, 4.69) is 0 Å². The summed E-state index contributed by atoms with van der Waals surface area (Å²) in [5, 5.41) is 8.24. The predicted octanol–water partition coefficient (Wildman–Crippen LogP) is 1.79. The van der Waals surface area contributed by atoms with Gasteiger partial charge in [0.15, 0.2) is 0 Å². The van der Waals surface area contributed by atoms with Gasteiger partial charge in [0.05, 0.1) is 6.07 Å². The SMILES string of the molecule is N#CC=C(N)c1cc(F)cc(F)c1. The summed E-state index contributed by atoms with van der Waals surface area (Å²) in [5.41, 5.74) is 5.56. The molecule has 1 rings (SSSR count). The number of benzene rings is 1. The number of halogens is 2. The minimum atomic E-state index is -0.718. The van der Waals surface area contributed by atoms with E-state index in [4.69, 9.17) is 11.0 Å². The summed E-state index contributed by atoms with van der Waals surface area (Å²) < 4.78 is 25.2. The highest BCUT2D eigenvalue weighted by molar-refractivity contribution is 5.64. The highest BCUT2D eigenvalue weighted by atomic mass is 19.1. The second-order valence-electron chi connectivity index (χ2n) is 2.39. The third kappa shape index (κ3) is 2.27. The summed E-state index contributed by atoms with van der Waals surface area (Å²) in [5.74, 6) is -1.44. The lowest BCUT2D eigenvalue weighted by Gasteiger charge is -1.99. The molecule has 0 radical (unpaired) electrons. The molecular formula is C9H6F2N2. The first kappa shape index (κ1) is 9.20. The zero-order valence-corrected chi connectivity index (χ0v) is 6.59. The number of nitrogens with zero attached hydrogens (tertiary/aromatic N) is 1. The topological polar surface area (TPSA) is 49.8 Å². The summed E-state index contributed by atoms with van der Waals surface area (Å²) in [4.78, 5) is 0. The molecule has 1 aromatic rings. The number of hydrogen-bond acceptors (Lipinski definition) is 2. The van der Waals surface area contributed by atoms with Crippen molar-refractivity contribution in [2.75, 3.05) is 0 Å². The molecule has 0 amide bonds. The van der Waals surface area contributed by atoms with Gasteiger partial charge in [-0.25, -0.2) is 8.78 Å². The Hall–Kier alpha value is -1.89. The minimum absolute atomic E-state index is 0.0425. The third-order valence-corrected chi connectivity index (χ3v) is 1.42. The van der Waals surface area contributed by atoms with Gasteiger partial charge in [-0.05, 0) is 12.1 Å². The van der Waals surface area contributed by atoms with E-state index in [0.29, 0.717) is 0 Å². The Labute approximate surface area is 73.9 Å². The first-order valence-electron chi connectivity index (χ1n) is 3.45. The van der Waals surface area contributed by atoms with E-state index < -0.39 is 11.6 Å². The fourth-order valence-electron chi connectivity index (χ4n) is 0.873. The molecule has 13 heavy (non-hydrogen) atoms. The smallest absolute Gasteiger partial charge is 0.126 e. The lowest BCUT2D eigenvalue weighted by molar-refractivity contribution is 0.582.